The molecule has 0 aliphatic rings. The summed E-state index contributed by atoms with van der Waals surface area (Å²) in [5, 5.41) is 4.48. The fourth-order valence-electron chi connectivity index (χ4n) is 2.60. The summed E-state index contributed by atoms with van der Waals surface area (Å²) in [5.74, 6) is 0.318. The van der Waals surface area contributed by atoms with Crippen LogP contribution >= 0.6 is 11.3 Å². The van der Waals surface area contributed by atoms with Gasteiger partial charge < -0.3 is 10.1 Å². The van der Waals surface area contributed by atoms with E-state index in [1.807, 2.05) is 20.8 Å². The van der Waals surface area contributed by atoms with Crippen molar-refractivity contribution in [3.63, 3.8) is 0 Å². The van der Waals surface area contributed by atoms with Crippen LogP contribution < -0.4 is 10.1 Å². The van der Waals surface area contributed by atoms with Gasteiger partial charge in [-0.3, -0.25) is 0 Å². The van der Waals surface area contributed by atoms with Crippen molar-refractivity contribution in [3.8, 4) is 5.75 Å². The van der Waals surface area contributed by atoms with E-state index in [4.69, 9.17) is 4.74 Å². The van der Waals surface area contributed by atoms with E-state index in [1.165, 1.54) is 10.9 Å². The minimum Gasteiger partial charge on any atom is -0.496 e. The van der Waals surface area contributed by atoms with Gasteiger partial charge in [0.05, 0.1) is 17.8 Å². The summed E-state index contributed by atoms with van der Waals surface area (Å²) < 4.78 is 19.4. The molecular weight excluding hydrogens is 287 g/mol. The Labute approximate surface area is 129 Å². The third-order valence-electron chi connectivity index (χ3n) is 3.50. The molecule has 0 aliphatic carbocycles. The molecule has 21 heavy (non-hydrogen) atoms. The SMILES string of the molecule is COc1cccc(F)c1C(C)NC(C)c1sc(C)nc1C. The lowest BCUT2D eigenvalue weighted by atomic mass is 10.0. The zero-order valence-electron chi connectivity index (χ0n) is 13.0. The van der Waals surface area contributed by atoms with Crippen LogP contribution in [0.5, 0.6) is 5.75 Å². The molecule has 0 fully saturated rings. The van der Waals surface area contributed by atoms with Gasteiger partial charge in [-0.2, -0.15) is 0 Å². The Hall–Kier alpha value is -1.46. The molecule has 2 rings (SSSR count). The van der Waals surface area contributed by atoms with Crippen molar-refractivity contribution in [1.82, 2.24) is 10.3 Å². The Balaban J connectivity index is 2.22. The summed E-state index contributed by atoms with van der Waals surface area (Å²) in [6.07, 6.45) is 0. The average molecular weight is 308 g/mol. The van der Waals surface area contributed by atoms with Gasteiger partial charge in [-0.25, -0.2) is 9.37 Å². The third-order valence-corrected chi connectivity index (χ3v) is 4.75. The maximum Gasteiger partial charge on any atom is 0.131 e. The smallest absolute Gasteiger partial charge is 0.131 e. The van der Waals surface area contributed by atoms with E-state index in [1.54, 1.807) is 30.6 Å². The van der Waals surface area contributed by atoms with Gasteiger partial charge in [-0.1, -0.05) is 6.07 Å². The van der Waals surface area contributed by atoms with Crippen LogP contribution in [-0.4, -0.2) is 12.1 Å². The van der Waals surface area contributed by atoms with E-state index in [-0.39, 0.29) is 17.9 Å². The lowest BCUT2D eigenvalue weighted by Crippen LogP contribution is -2.23. The molecule has 0 bridgehead atoms. The number of aromatic nitrogens is 1. The van der Waals surface area contributed by atoms with E-state index in [0.717, 1.165) is 10.7 Å². The van der Waals surface area contributed by atoms with Gasteiger partial charge in [0.1, 0.15) is 11.6 Å². The lowest BCUT2D eigenvalue weighted by Gasteiger charge is -2.22. The second-order valence-corrected chi connectivity index (χ2v) is 6.38. The number of aryl methyl sites for hydroxylation is 2. The summed E-state index contributed by atoms with van der Waals surface area (Å²) in [6, 6.07) is 4.85. The number of nitrogens with one attached hydrogen (secondary N) is 1. The number of hydrogen-bond acceptors (Lipinski definition) is 4. The fourth-order valence-corrected chi connectivity index (χ4v) is 3.54. The molecule has 1 aromatic carbocycles. The van der Waals surface area contributed by atoms with Gasteiger partial charge >= 0.3 is 0 Å². The summed E-state index contributed by atoms with van der Waals surface area (Å²) in [7, 11) is 1.56. The van der Waals surface area contributed by atoms with Gasteiger partial charge in [0, 0.05) is 22.5 Å². The van der Waals surface area contributed by atoms with Crippen LogP contribution in [0, 0.1) is 19.7 Å². The first kappa shape index (κ1) is 15.9. The minimum absolute atomic E-state index is 0.107. The van der Waals surface area contributed by atoms with Crippen molar-refractivity contribution in [2.75, 3.05) is 7.11 Å². The standard InChI is InChI=1S/C16H21FN2OS/c1-9(15-13(17)7-6-8-14(15)20-5)18-10(2)16-11(3)19-12(4)21-16/h6-10,18H,1-5H3. The molecule has 5 heteroatoms. The highest BCUT2D eigenvalue weighted by Crippen LogP contribution is 2.31. The number of benzene rings is 1. The highest BCUT2D eigenvalue weighted by molar-refractivity contribution is 7.11. The predicted octanol–water partition coefficient (Wildman–Crippen LogP) is 4.32. The Bertz CT molecular complexity index is 627. The molecule has 0 saturated heterocycles. The maximum absolute atomic E-state index is 14.1. The zero-order chi connectivity index (χ0) is 15.6. The first-order valence-electron chi connectivity index (χ1n) is 6.96. The van der Waals surface area contributed by atoms with E-state index in [9.17, 15) is 4.39 Å². The molecule has 1 N–H and O–H groups in total. The molecule has 0 aliphatic heterocycles. The summed E-state index contributed by atoms with van der Waals surface area (Å²) in [6.45, 7) is 8.02. The highest BCUT2D eigenvalue weighted by atomic mass is 32.1. The van der Waals surface area contributed by atoms with Crippen LogP contribution in [-0.2, 0) is 0 Å². The van der Waals surface area contributed by atoms with E-state index >= 15 is 0 Å². The monoisotopic (exact) mass is 308 g/mol. The van der Waals surface area contributed by atoms with Gasteiger partial charge in [0.25, 0.3) is 0 Å². The van der Waals surface area contributed by atoms with E-state index < -0.39 is 0 Å². The molecule has 1 heterocycles. The van der Waals surface area contributed by atoms with E-state index in [0.29, 0.717) is 11.3 Å². The number of nitrogens with zero attached hydrogens (tertiary/aromatic N) is 1. The summed E-state index contributed by atoms with van der Waals surface area (Å²) in [5.41, 5.74) is 1.59. The number of rotatable bonds is 5. The second-order valence-electron chi connectivity index (χ2n) is 5.15. The quantitative estimate of drug-likeness (QED) is 0.893. The molecule has 2 atom stereocenters. The third kappa shape index (κ3) is 3.41. The molecule has 0 radical (unpaired) electrons. The summed E-state index contributed by atoms with van der Waals surface area (Å²) >= 11 is 1.68. The Kier molecular flexibility index (Phi) is 4.96. The minimum atomic E-state index is -0.251. The molecule has 3 nitrogen and oxygen atoms in total. The van der Waals surface area contributed by atoms with Crippen molar-refractivity contribution in [3.05, 3.63) is 45.2 Å². The predicted molar refractivity (Wildman–Crippen MR) is 84.5 cm³/mol. The lowest BCUT2D eigenvalue weighted by molar-refractivity contribution is 0.388. The molecule has 114 valence electrons. The molecule has 2 unspecified atom stereocenters. The van der Waals surface area contributed by atoms with Crippen LogP contribution in [0.3, 0.4) is 0 Å². The van der Waals surface area contributed by atoms with Crippen LogP contribution in [0.25, 0.3) is 0 Å². The largest absolute Gasteiger partial charge is 0.496 e. The van der Waals surface area contributed by atoms with Crippen molar-refractivity contribution in [2.45, 2.75) is 39.8 Å². The molecule has 0 spiro atoms. The summed E-state index contributed by atoms with van der Waals surface area (Å²) in [4.78, 5) is 5.63. The Morgan fingerprint density at radius 2 is 1.95 bits per heavy atom. The van der Waals surface area contributed by atoms with Crippen LogP contribution in [0.2, 0.25) is 0 Å². The van der Waals surface area contributed by atoms with Crippen LogP contribution in [0.15, 0.2) is 18.2 Å². The average Bonchev–Trinajstić information content (AvgIpc) is 2.77. The van der Waals surface area contributed by atoms with Crippen LogP contribution in [0.4, 0.5) is 4.39 Å². The molecule has 2 aromatic rings. The number of methoxy groups -OCH3 is 1. The number of halogens is 1. The number of ether oxygens (including phenoxy) is 1. The van der Waals surface area contributed by atoms with Gasteiger partial charge in [-0.05, 0) is 39.8 Å². The highest BCUT2D eigenvalue weighted by Gasteiger charge is 2.20. The molecule has 0 amide bonds. The zero-order valence-corrected chi connectivity index (χ0v) is 13.8. The van der Waals surface area contributed by atoms with Crippen LogP contribution in [0.1, 0.15) is 47.1 Å². The van der Waals surface area contributed by atoms with E-state index in [2.05, 4.69) is 17.2 Å². The first-order valence-corrected chi connectivity index (χ1v) is 7.78. The Morgan fingerprint density at radius 1 is 1.24 bits per heavy atom. The molecule has 0 saturated carbocycles. The maximum atomic E-state index is 14.1. The first-order chi connectivity index (χ1) is 9.93. The fraction of sp³-hybridized carbons (Fsp3) is 0.438. The van der Waals surface area contributed by atoms with Crippen molar-refractivity contribution < 1.29 is 9.13 Å². The Morgan fingerprint density at radius 3 is 2.52 bits per heavy atom. The molecule has 1 aromatic heterocycles. The molecular formula is C16H21FN2OS. The van der Waals surface area contributed by atoms with Crippen molar-refractivity contribution in [1.29, 1.82) is 0 Å². The van der Waals surface area contributed by atoms with Gasteiger partial charge in [-0.15, -0.1) is 11.3 Å². The van der Waals surface area contributed by atoms with Crippen molar-refractivity contribution >= 4 is 11.3 Å². The normalized spacial score (nSPS) is 14.0. The van der Waals surface area contributed by atoms with Gasteiger partial charge in [0.2, 0.25) is 0 Å². The second kappa shape index (κ2) is 6.54. The number of thiazole rings is 1. The van der Waals surface area contributed by atoms with Crippen molar-refractivity contribution in [2.24, 2.45) is 0 Å². The van der Waals surface area contributed by atoms with Gasteiger partial charge in [0.15, 0.2) is 0 Å². The number of hydrogen-bond donors (Lipinski definition) is 1. The topological polar surface area (TPSA) is 34.1 Å².